The first-order valence-electron chi connectivity index (χ1n) is 8.31. The molecule has 6 heteroatoms. The van der Waals surface area contributed by atoms with Gasteiger partial charge in [-0.25, -0.2) is 9.37 Å². The number of carbonyl (C=O) groups excluding carboxylic acids is 1. The summed E-state index contributed by atoms with van der Waals surface area (Å²) >= 11 is 6.16. The Kier molecular flexibility index (Phi) is 9.63. The molecule has 0 aliphatic carbocycles. The number of terminal acetylenes is 1. The van der Waals surface area contributed by atoms with Gasteiger partial charge < -0.3 is 10.1 Å². The van der Waals surface area contributed by atoms with Gasteiger partial charge in [0.25, 0.3) is 0 Å². The highest BCUT2D eigenvalue weighted by Crippen LogP contribution is 2.32. The van der Waals surface area contributed by atoms with Gasteiger partial charge in [0.2, 0.25) is 11.8 Å². The Labute approximate surface area is 164 Å². The lowest BCUT2D eigenvalue weighted by Crippen LogP contribution is -2.19. The lowest BCUT2D eigenvalue weighted by atomic mass is 10.1. The Balaban J connectivity index is 0.00000176. The molecule has 4 nitrogen and oxygen atoms in total. The molecule has 0 fully saturated rings. The van der Waals surface area contributed by atoms with E-state index in [4.69, 9.17) is 16.3 Å². The fraction of sp³-hybridized carbons (Fsp3) is 0.238. The highest BCUT2D eigenvalue weighted by atomic mass is 35.5. The van der Waals surface area contributed by atoms with Crippen LogP contribution in [0.1, 0.15) is 37.6 Å². The van der Waals surface area contributed by atoms with Crippen molar-refractivity contribution in [3.8, 4) is 24.5 Å². The summed E-state index contributed by atoms with van der Waals surface area (Å²) in [4.78, 5) is 15.0. The monoisotopic (exact) mass is 388 g/mol. The Bertz CT molecular complexity index is 789. The van der Waals surface area contributed by atoms with Crippen LogP contribution in [0.15, 0.2) is 42.6 Å². The molecule has 0 bridgehead atoms. The molecule has 0 radical (unpaired) electrons. The van der Waals surface area contributed by atoms with E-state index in [1.54, 1.807) is 37.4 Å². The van der Waals surface area contributed by atoms with Gasteiger partial charge in [0, 0.05) is 25.7 Å². The highest BCUT2D eigenvalue weighted by molar-refractivity contribution is 6.32. The van der Waals surface area contributed by atoms with E-state index in [1.807, 2.05) is 18.2 Å². The zero-order valence-corrected chi connectivity index (χ0v) is 16.0. The molecule has 1 aromatic carbocycles. The van der Waals surface area contributed by atoms with Crippen LogP contribution in [0.25, 0.3) is 6.08 Å². The third kappa shape index (κ3) is 7.51. The summed E-state index contributed by atoms with van der Waals surface area (Å²) in [6.07, 6.45) is 12.7. The van der Waals surface area contributed by atoms with Crippen LogP contribution >= 0.6 is 11.6 Å². The van der Waals surface area contributed by atoms with Crippen molar-refractivity contribution in [2.75, 3.05) is 6.54 Å². The maximum absolute atomic E-state index is 13.7. The lowest BCUT2D eigenvalue weighted by Gasteiger charge is -2.10. The fourth-order valence-corrected chi connectivity index (χ4v) is 2.32. The minimum Gasteiger partial charge on any atom is -0.437 e. The molecular formula is C21H22ClFN2O2. The molecule has 1 unspecified atom stereocenters. The molecule has 142 valence electrons. The summed E-state index contributed by atoms with van der Waals surface area (Å²) in [6.45, 7) is 3.71. The number of alkyl halides is 1. The van der Waals surface area contributed by atoms with Crippen molar-refractivity contribution < 1.29 is 13.9 Å². The Morgan fingerprint density at radius 3 is 2.67 bits per heavy atom. The zero-order chi connectivity index (χ0) is 20.2. The van der Waals surface area contributed by atoms with Gasteiger partial charge in [0.1, 0.15) is 11.9 Å². The fourth-order valence-electron chi connectivity index (χ4n) is 2.09. The topological polar surface area (TPSA) is 51.2 Å². The average molecular weight is 389 g/mol. The number of halogens is 2. The smallest absolute Gasteiger partial charge is 0.219 e. The van der Waals surface area contributed by atoms with E-state index in [0.717, 1.165) is 5.56 Å². The number of carbonyl (C=O) groups is 1. The summed E-state index contributed by atoms with van der Waals surface area (Å²) in [7, 11) is 0. The molecule has 0 saturated heterocycles. The van der Waals surface area contributed by atoms with Gasteiger partial charge in [-0.2, -0.15) is 0 Å². The van der Waals surface area contributed by atoms with Crippen LogP contribution in [0.4, 0.5) is 4.39 Å². The first kappa shape index (κ1) is 22.2. The molecule has 1 aromatic heterocycles. The van der Waals surface area contributed by atoms with Crippen molar-refractivity contribution in [3.63, 3.8) is 0 Å². The number of hydrogen-bond acceptors (Lipinski definition) is 3. The molecule has 1 N–H and O–H groups in total. The number of hydrogen-bond donors (Lipinski definition) is 1. The summed E-state index contributed by atoms with van der Waals surface area (Å²) in [5.41, 5.74) is 1.41. The van der Waals surface area contributed by atoms with E-state index in [2.05, 4.69) is 23.1 Å². The van der Waals surface area contributed by atoms with E-state index < -0.39 is 6.17 Å². The van der Waals surface area contributed by atoms with Crippen LogP contribution in [0, 0.1) is 12.8 Å². The van der Waals surface area contributed by atoms with Crippen molar-refractivity contribution >= 4 is 23.6 Å². The molecule has 2 rings (SSSR count). The molecule has 0 spiro atoms. The van der Waals surface area contributed by atoms with Crippen LogP contribution in [0.2, 0.25) is 5.02 Å². The van der Waals surface area contributed by atoms with E-state index in [0.29, 0.717) is 35.2 Å². The second kappa shape index (κ2) is 11.7. The predicted molar refractivity (Wildman–Crippen MR) is 108 cm³/mol. The second-order valence-electron chi connectivity index (χ2n) is 5.44. The molecule has 0 aliphatic heterocycles. The number of amides is 1. The number of rotatable bonds is 7. The van der Waals surface area contributed by atoms with Crippen LogP contribution in [0.5, 0.6) is 11.6 Å². The number of nitrogens with zero attached hydrogens (tertiary/aromatic N) is 1. The third-order valence-corrected chi connectivity index (χ3v) is 3.72. The molecule has 1 atom stereocenters. The number of nitrogens with one attached hydrogen (secondary N) is 1. The molecule has 1 heterocycles. The summed E-state index contributed by atoms with van der Waals surface area (Å²) in [5.74, 6) is 0.739. The largest absolute Gasteiger partial charge is 0.437 e. The van der Waals surface area contributed by atoms with E-state index in [-0.39, 0.29) is 5.91 Å². The first-order valence-corrected chi connectivity index (χ1v) is 8.69. The summed E-state index contributed by atoms with van der Waals surface area (Å²) in [6, 6.07) is 8.43. The van der Waals surface area contributed by atoms with Gasteiger partial charge in [-0.1, -0.05) is 36.7 Å². The van der Waals surface area contributed by atoms with Crippen LogP contribution in [-0.4, -0.2) is 17.4 Å². The molecule has 2 aromatic rings. The van der Waals surface area contributed by atoms with Crippen molar-refractivity contribution in [1.29, 1.82) is 0 Å². The predicted octanol–water partition coefficient (Wildman–Crippen LogP) is 5.35. The standard InChI is InChI=1S/C19H20ClFN2O2.C2H2/c1-3-17(21)15-7-8-18(16(20)11-15)25-19-9-6-14(12-23-19)5-4-10-22-13(2)24;1-2/h4-9,11-12,17H,3,10H2,1-2H3,(H,22,24);1-2H/b5-4+;. The minimum absolute atomic E-state index is 0.0764. The number of pyridine rings is 1. The van der Waals surface area contributed by atoms with E-state index >= 15 is 0 Å². The molecule has 0 saturated carbocycles. The zero-order valence-electron chi connectivity index (χ0n) is 15.3. The number of ether oxygens (including phenoxy) is 1. The van der Waals surface area contributed by atoms with Crippen LogP contribution < -0.4 is 10.1 Å². The molecule has 0 aliphatic rings. The number of aromatic nitrogens is 1. The quantitative estimate of drug-likeness (QED) is 0.651. The van der Waals surface area contributed by atoms with Gasteiger partial charge in [-0.3, -0.25) is 4.79 Å². The van der Waals surface area contributed by atoms with Crippen LogP contribution in [-0.2, 0) is 4.79 Å². The molecular weight excluding hydrogens is 367 g/mol. The Hall–Kier alpha value is -2.84. The van der Waals surface area contributed by atoms with E-state index in [9.17, 15) is 9.18 Å². The van der Waals surface area contributed by atoms with Crippen molar-refractivity contribution in [2.24, 2.45) is 0 Å². The lowest BCUT2D eigenvalue weighted by molar-refractivity contribution is -0.118. The van der Waals surface area contributed by atoms with Gasteiger partial charge >= 0.3 is 0 Å². The SMILES string of the molecule is C#C.CCC(F)c1ccc(Oc2ccc(/C=C/CNC(C)=O)cn2)c(Cl)c1. The summed E-state index contributed by atoms with van der Waals surface area (Å²) < 4.78 is 19.3. The maximum atomic E-state index is 13.7. The Morgan fingerprint density at radius 2 is 2.11 bits per heavy atom. The maximum Gasteiger partial charge on any atom is 0.219 e. The third-order valence-electron chi connectivity index (χ3n) is 3.43. The first-order chi connectivity index (χ1) is 13.0. The summed E-state index contributed by atoms with van der Waals surface area (Å²) in [5, 5.41) is 3.01. The van der Waals surface area contributed by atoms with Crippen molar-refractivity contribution in [3.05, 3.63) is 58.8 Å². The highest BCUT2D eigenvalue weighted by Gasteiger charge is 2.11. The molecule has 1 amide bonds. The van der Waals surface area contributed by atoms with Gasteiger partial charge in [0.15, 0.2) is 0 Å². The van der Waals surface area contributed by atoms with Gasteiger partial charge in [-0.15, -0.1) is 12.8 Å². The second-order valence-corrected chi connectivity index (χ2v) is 5.84. The van der Waals surface area contributed by atoms with Crippen LogP contribution in [0.3, 0.4) is 0 Å². The minimum atomic E-state index is -1.03. The normalized spacial score (nSPS) is 11.3. The van der Waals surface area contributed by atoms with Gasteiger partial charge in [-0.05, 0) is 35.7 Å². The number of benzene rings is 1. The van der Waals surface area contributed by atoms with E-state index in [1.165, 1.54) is 6.92 Å². The van der Waals surface area contributed by atoms with Gasteiger partial charge in [0.05, 0.1) is 5.02 Å². The molecule has 27 heavy (non-hydrogen) atoms. The average Bonchev–Trinajstić information content (AvgIpc) is 2.68. The van der Waals surface area contributed by atoms with Crippen molar-refractivity contribution in [1.82, 2.24) is 10.3 Å². The van der Waals surface area contributed by atoms with Crippen molar-refractivity contribution in [2.45, 2.75) is 26.4 Å². The Morgan fingerprint density at radius 1 is 1.37 bits per heavy atom.